The lowest BCUT2D eigenvalue weighted by Gasteiger charge is -2.15. The summed E-state index contributed by atoms with van der Waals surface area (Å²) in [5, 5.41) is 2.76. The molecular formula is C23H24N2O5S. The topological polar surface area (TPSA) is 93.7 Å². The van der Waals surface area contributed by atoms with Crippen molar-refractivity contribution in [1.29, 1.82) is 0 Å². The van der Waals surface area contributed by atoms with Crippen molar-refractivity contribution >= 4 is 27.3 Å². The summed E-state index contributed by atoms with van der Waals surface area (Å²) < 4.78 is 38.9. The lowest BCUT2D eigenvalue weighted by Crippen LogP contribution is -2.19. The molecule has 0 spiro atoms. The van der Waals surface area contributed by atoms with Crippen LogP contribution in [0.2, 0.25) is 0 Å². The Hall–Kier alpha value is -3.52. The van der Waals surface area contributed by atoms with Crippen molar-refractivity contribution in [3.63, 3.8) is 0 Å². The lowest BCUT2D eigenvalue weighted by molar-refractivity contribution is 0.102. The summed E-state index contributed by atoms with van der Waals surface area (Å²) >= 11 is 0. The highest BCUT2D eigenvalue weighted by atomic mass is 32.2. The molecule has 0 aliphatic heterocycles. The van der Waals surface area contributed by atoms with Crippen LogP contribution in [0.15, 0.2) is 65.6 Å². The van der Waals surface area contributed by atoms with E-state index in [-0.39, 0.29) is 16.1 Å². The molecule has 3 aromatic carbocycles. The minimum Gasteiger partial charge on any atom is -0.497 e. The van der Waals surface area contributed by atoms with Gasteiger partial charge in [-0.05, 0) is 49.7 Å². The van der Waals surface area contributed by atoms with E-state index in [1.165, 1.54) is 14.2 Å². The molecule has 3 aromatic rings. The number of hydrogen-bond acceptors (Lipinski definition) is 5. The van der Waals surface area contributed by atoms with E-state index in [0.29, 0.717) is 22.7 Å². The first-order valence-electron chi connectivity index (χ1n) is 9.47. The molecule has 1 amide bonds. The highest BCUT2D eigenvalue weighted by molar-refractivity contribution is 7.92. The number of hydrogen-bond donors (Lipinski definition) is 2. The number of para-hydroxylation sites is 1. The Morgan fingerprint density at radius 2 is 1.61 bits per heavy atom. The summed E-state index contributed by atoms with van der Waals surface area (Å²) in [6.07, 6.45) is 0. The number of aryl methyl sites for hydroxylation is 2. The quantitative estimate of drug-likeness (QED) is 0.569. The van der Waals surface area contributed by atoms with Crippen LogP contribution in [0.4, 0.5) is 11.4 Å². The second-order valence-electron chi connectivity index (χ2n) is 6.94. The Morgan fingerprint density at radius 3 is 2.29 bits per heavy atom. The van der Waals surface area contributed by atoms with Gasteiger partial charge in [0.05, 0.1) is 36.1 Å². The molecule has 0 bridgehead atoms. The maximum absolute atomic E-state index is 13.0. The Kier molecular flexibility index (Phi) is 6.50. The maximum atomic E-state index is 13.0. The van der Waals surface area contributed by atoms with E-state index >= 15 is 0 Å². The first kappa shape index (κ1) is 22.2. The van der Waals surface area contributed by atoms with E-state index < -0.39 is 15.9 Å². The number of benzene rings is 3. The maximum Gasteiger partial charge on any atom is 0.262 e. The van der Waals surface area contributed by atoms with E-state index in [0.717, 1.165) is 5.56 Å². The molecule has 162 valence electrons. The number of sulfonamides is 1. The number of rotatable bonds is 7. The molecule has 0 aliphatic rings. The van der Waals surface area contributed by atoms with Crippen molar-refractivity contribution in [2.45, 2.75) is 18.7 Å². The van der Waals surface area contributed by atoms with Gasteiger partial charge in [0, 0.05) is 6.07 Å². The van der Waals surface area contributed by atoms with Crippen molar-refractivity contribution in [2.24, 2.45) is 0 Å². The normalized spacial score (nSPS) is 11.0. The number of carbonyl (C=O) groups is 1. The van der Waals surface area contributed by atoms with Crippen LogP contribution in [0.3, 0.4) is 0 Å². The minimum atomic E-state index is -3.88. The van der Waals surface area contributed by atoms with E-state index in [1.54, 1.807) is 67.6 Å². The third kappa shape index (κ3) is 4.97. The zero-order valence-corrected chi connectivity index (χ0v) is 18.5. The summed E-state index contributed by atoms with van der Waals surface area (Å²) in [7, 11) is -0.867. The minimum absolute atomic E-state index is 0.158. The summed E-state index contributed by atoms with van der Waals surface area (Å²) in [5.74, 6) is 0.514. The number of ether oxygens (including phenoxy) is 2. The molecular weight excluding hydrogens is 416 g/mol. The van der Waals surface area contributed by atoms with Crippen LogP contribution >= 0.6 is 0 Å². The van der Waals surface area contributed by atoms with Crippen molar-refractivity contribution in [2.75, 3.05) is 24.3 Å². The highest BCUT2D eigenvalue weighted by Gasteiger charge is 2.21. The summed E-state index contributed by atoms with van der Waals surface area (Å²) in [5.41, 5.74) is 2.36. The van der Waals surface area contributed by atoms with Crippen molar-refractivity contribution in [3.05, 3.63) is 77.4 Å². The fraction of sp³-hybridized carbons (Fsp3) is 0.174. The van der Waals surface area contributed by atoms with Crippen molar-refractivity contribution in [3.8, 4) is 11.5 Å². The summed E-state index contributed by atoms with van der Waals surface area (Å²) in [6.45, 7) is 3.63. The third-order valence-corrected chi connectivity index (χ3v) is 6.22. The van der Waals surface area contributed by atoms with E-state index in [2.05, 4.69) is 10.0 Å². The monoisotopic (exact) mass is 440 g/mol. The predicted octanol–water partition coefficient (Wildman–Crippen LogP) is 4.37. The third-order valence-electron chi connectivity index (χ3n) is 4.69. The van der Waals surface area contributed by atoms with Crippen LogP contribution in [0.1, 0.15) is 21.5 Å². The van der Waals surface area contributed by atoms with Gasteiger partial charge >= 0.3 is 0 Å². The van der Waals surface area contributed by atoms with E-state index in [4.69, 9.17) is 9.47 Å². The molecule has 0 heterocycles. The molecule has 2 N–H and O–H groups in total. The van der Waals surface area contributed by atoms with Gasteiger partial charge in [-0.2, -0.15) is 0 Å². The predicted molar refractivity (Wildman–Crippen MR) is 121 cm³/mol. The van der Waals surface area contributed by atoms with Gasteiger partial charge < -0.3 is 14.8 Å². The highest BCUT2D eigenvalue weighted by Crippen LogP contribution is 2.30. The molecule has 8 heteroatoms. The Labute approximate surface area is 182 Å². The SMILES string of the molecule is COc1ccc(NC(=O)c2ccccc2NS(=O)(=O)c2ccc(C)cc2C)c(OC)c1. The van der Waals surface area contributed by atoms with Gasteiger partial charge in [-0.25, -0.2) is 8.42 Å². The number of amides is 1. The van der Waals surface area contributed by atoms with E-state index in [1.807, 2.05) is 6.92 Å². The molecule has 0 unspecified atom stereocenters. The zero-order chi connectivity index (χ0) is 22.6. The Morgan fingerprint density at radius 1 is 0.871 bits per heavy atom. The number of carbonyl (C=O) groups excluding carboxylic acids is 1. The van der Waals surface area contributed by atoms with Gasteiger partial charge in [0.15, 0.2) is 0 Å². The van der Waals surface area contributed by atoms with Crippen LogP contribution in [0.25, 0.3) is 0 Å². The molecule has 0 saturated heterocycles. The van der Waals surface area contributed by atoms with Crippen molar-refractivity contribution < 1.29 is 22.7 Å². The lowest BCUT2D eigenvalue weighted by atomic mass is 10.1. The number of methoxy groups -OCH3 is 2. The van der Waals surface area contributed by atoms with Gasteiger partial charge in [0.2, 0.25) is 0 Å². The van der Waals surface area contributed by atoms with Gasteiger partial charge in [0.25, 0.3) is 15.9 Å². The molecule has 0 saturated carbocycles. The second-order valence-corrected chi connectivity index (χ2v) is 8.59. The second kappa shape index (κ2) is 9.09. The van der Waals surface area contributed by atoms with Crippen molar-refractivity contribution in [1.82, 2.24) is 0 Å². The molecule has 7 nitrogen and oxygen atoms in total. The van der Waals surface area contributed by atoms with E-state index in [9.17, 15) is 13.2 Å². The molecule has 0 atom stereocenters. The van der Waals surface area contributed by atoms with Crippen LogP contribution in [0, 0.1) is 13.8 Å². The van der Waals surface area contributed by atoms with Crippen LogP contribution in [-0.4, -0.2) is 28.5 Å². The number of anilines is 2. The Balaban J connectivity index is 1.91. The average molecular weight is 441 g/mol. The molecule has 31 heavy (non-hydrogen) atoms. The Bertz CT molecular complexity index is 1220. The smallest absolute Gasteiger partial charge is 0.262 e. The van der Waals surface area contributed by atoms with Gasteiger partial charge in [-0.15, -0.1) is 0 Å². The fourth-order valence-electron chi connectivity index (χ4n) is 3.16. The molecule has 0 radical (unpaired) electrons. The standard InChI is InChI=1S/C23H24N2O5S/c1-15-9-12-22(16(2)13-15)31(27,28)25-19-8-6-5-7-18(19)23(26)24-20-11-10-17(29-3)14-21(20)30-4/h5-14,25H,1-4H3,(H,24,26). The summed E-state index contributed by atoms with van der Waals surface area (Å²) in [6, 6.07) is 16.5. The first-order valence-corrected chi connectivity index (χ1v) is 11.0. The molecule has 0 fully saturated rings. The van der Waals surface area contributed by atoms with Gasteiger partial charge in [0.1, 0.15) is 11.5 Å². The van der Waals surface area contributed by atoms with Crippen LogP contribution in [0.5, 0.6) is 11.5 Å². The van der Waals surface area contributed by atoms with Gasteiger partial charge in [-0.1, -0.05) is 29.8 Å². The first-order chi connectivity index (χ1) is 14.7. The van der Waals surface area contributed by atoms with Crippen LogP contribution < -0.4 is 19.5 Å². The molecule has 3 rings (SSSR count). The van der Waals surface area contributed by atoms with Gasteiger partial charge in [-0.3, -0.25) is 9.52 Å². The number of nitrogens with one attached hydrogen (secondary N) is 2. The summed E-state index contributed by atoms with van der Waals surface area (Å²) in [4.78, 5) is 13.1. The molecule has 0 aromatic heterocycles. The largest absolute Gasteiger partial charge is 0.497 e. The zero-order valence-electron chi connectivity index (χ0n) is 17.7. The average Bonchev–Trinajstić information content (AvgIpc) is 2.73. The molecule has 0 aliphatic carbocycles. The van der Waals surface area contributed by atoms with Crippen LogP contribution in [-0.2, 0) is 10.0 Å². The fourth-order valence-corrected chi connectivity index (χ4v) is 4.47.